The van der Waals surface area contributed by atoms with Crippen LogP contribution in [0.5, 0.6) is 0 Å². The van der Waals surface area contributed by atoms with Crippen LogP contribution in [0.4, 0.5) is 0 Å². The van der Waals surface area contributed by atoms with E-state index in [1.165, 1.54) is 19.6 Å². The number of carbonyl (C=O) groups excluding carboxylic acids is 2. The van der Waals surface area contributed by atoms with Gasteiger partial charge in [-0.25, -0.2) is 28.8 Å². The van der Waals surface area contributed by atoms with Gasteiger partial charge in [0.05, 0.1) is 45.3 Å². The molecule has 1 heterocycles. The molecule has 1 atom stereocenters. The number of carbonyl (C=O) groups is 8. The van der Waals surface area contributed by atoms with Crippen molar-refractivity contribution in [3.63, 3.8) is 0 Å². The quantitative estimate of drug-likeness (QED) is 0.136. The molecule has 238 valence electrons. The lowest BCUT2D eigenvalue weighted by Gasteiger charge is -2.13. The minimum Gasteiger partial charge on any atom is -0.545 e. The summed E-state index contributed by atoms with van der Waals surface area (Å²) >= 11 is 0. The molecule has 0 saturated carbocycles. The highest BCUT2D eigenvalue weighted by molar-refractivity contribution is 6.09. The van der Waals surface area contributed by atoms with E-state index in [0.717, 1.165) is 6.04 Å². The van der Waals surface area contributed by atoms with Crippen molar-refractivity contribution in [1.29, 1.82) is 0 Å². The number of hydrogen-bond acceptors (Lipinski definition) is 10. The third kappa shape index (κ3) is 10.2. The molecule has 0 radical (unpaired) electrons. The average molecular weight is 626 g/mol. The zero-order valence-corrected chi connectivity index (χ0v) is 22.4. The average Bonchev–Trinajstić information content (AvgIpc) is 2.92. The lowest BCUT2D eigenvalue weighted by atomic mass is 9.98. The van der Waals surface area contributed by atoms with Crippen LogP contribution in [0.3, 0.4) is 0 Å². The van der Waals surface area contributed by atoms with Crippen molar-refractivity contribution in [1.82, 2.24) is 0 Å². The zero-order valence-electron chi connectivity index (χ0n) is 22.4. The summed E-state index contributed by atoms with van der Waals surface area (Å²) in [6.07, 6.45) is 0. The van der Waals surface area contributed by atoms with Gasteiger partial charge < -0.3 is 66.6 Å². The molecule has 0 unspecified atom stereocenters. The molecule has 2 aromatic rings. The third-order valence-corrected chi connectivity index (χ3v) is 5.62. The number of quaternary nitrogens is 2. The number of carboxylic acids is 8. The van der Waals surface area contributed by atoms with Gasteiger partial charge in [-0.2, -0.15) is 0 Å². The van der Waals surface area contributed by atoms with Crippen LogP contribution in [0.15, 0.2) is 24.3 Å². The summed E-state index contributed by atoms with van der Waals surface area (Å²) in [5, 5.41) is 78.5. The summed E-state index contributed by atoms with van der Waals surface area (Å²) in [7, 11) is 0. The number of hydrogen-bond donors (Lipinski definition) is 8. The molecule has 19 heteroatoms. The van der Waals surface area contributed by atoms with Crippen LogP contribution in [-0.4, -0.2) is 110 Å². The summed E-state index contributed by atoms with van der Waals surface area (Å²) in [5.74, 6) is -14.0. The topological polar surface area (TPSA) is 369 Å². The van der Waals surface area contributed by atoms with Gasteiger partial charge in [0.15, 0.2) is 0 Å². The molecule has 1 fully saturated rings. The van der Waals surface area contributed by atoms with E-state index in [-0.39, 0.29) is 5.48 Å². The molecule has 0 spiro atoms. The van der Waals surface area contributed by atoms with E-state index in [4.69, 9.17) is 30.6 Å². The molecule has 0 bridgehead atoms. The van der Waals surface area contributed by atoms with Gasteiger partial charge in [0.25, 0.3) is 0 Å². The molecule has 0 aromatic heterocycles. The van der Waals surface area contributed by atoms with E-state index in [0.29, 0.717) is 24.3 Å². The second-order valence-corrected chi connectivity index (χ2v) is 8.61. The van der Waals surface area contributed by atoms with Crippen LogP contribution in [-0.2, 0) is 0 Å². The van der Waals surface area contributed by atoms with Crippen molar-refractivity contribution in [3.05, 3.63) is 68.8 Å². The minimum atomic E-state index is -1.91. The fourth-order valence-electron chi connectivity index (χ4n) is 3.57. The normalized spacial score (nSPS) is 13.2. The van der Waals surface area contributed by atoms with Crippen LogP contribution >= 0.6 is 0 Å². The molecular formula is C25H26N2O17. The second kappa shape index (κ2) is 16.5. The van der Waals surface area contributed by atoms with Crippen LogP contribution in [0.2, 0.25) is 0 Å². The number of nitrogens with two attached hydrogens (primary N) is 2. The predicted molar refractivity (Wildman–Crippen MR) is 135 cm³/mol. The van der Waals surface area contributed by atoms with E-state index < -0.39 is 92.3 Å². The molecule has 19 nitrogen and oxygen atoms in total. The standard InChI is InChI=1S/2C10H6O8.C5H12N2.H2O/c2*11-7(12)3-1-4(8(13)14)6(10(17)18)2-5(3)9(15)16;1-5-4-6-2-3-7-5;/h2*1-2H,(H,11,12)(H,13,14)(H,15,16)(H,17,18);5-7H,2-4H2,1H3;1H2/t;;5-;/m..0./s1. The van der Waals surface area contributed by atoms with E-state index in [1.54, 1.807) is 0 Å². The van der Waals surface area contributed by atoms with Gasteiger partial charge >= 0.3 is 35.8 Å². The summed E-state index contributed by atoms with van der Waals surface area (Å²) < 4.78 is 0. The highest BCUT2D eigenvalue weighted by Gasteiger charge is 2.24. The van der Waals surface area contributed by atoms with Crippen molar-refractivity contribution >= 4 is 47.8 Å². The molecule has 12 N–H and O–H groups in total. The molecule has 3 rings (SSSR count). The Morgan fingerprint density at radius 3 is 0.955 bits per heavy atom. The summed E-state index contributed by atoms with van der Waals surface area (Å²) in [4.78, 5) is 85.9. The molecule has 0 amide bonds. The van der Waals surface area contributed by atoms with Gasteiger partial charge in [0.1, 0.15) is 25.7 Å². The highest BCUT2D eigenvalue weighted by atomic mass is 16.4. The second-order valence-electron chi connectivity index (χ2n) is 8.61. The van der Waals surface area contributed by atoms with Crippen molar-refractivity contribution in [2.24, 2.45) is 0 Å². The Labute approximate surface area is 244 Å². The van der Waals surface area contributed by atoms with Crippen molar-refractivity contribution in [3.8, 4) is 0 Å². The fraction of sp³-hybridized carbons (Fsp3) is 0.200. The van der Waals surface area contributed by atoms with Crippen molar-refractivity contribution < 1.29 is 95.3 Å². The maximum atomic E-state index is 10.8. The Balaban J connectivity index is 0.000000677. The number of aromatic carboxylic acids is 8. The molecule has 1 aliphatic heterocycles. The van der Waals surface area contributed by atoms with Gasteiger partial charge in [-0.1, -0.05) is 0 Å². The smallest absolute Gasteiger partial charge is 0.336 e. The number of benzene rings is 2. The Bertz CT molecular complexity index is 1190. The van der Waals surface area contributed by atoms with Crippen LogP contribution in [0.1, 0.15) is 89.8 Å². The lowest BCUT2D eigenvalue weighted by Crippen LogP contribution is -3.07. The maximum absolute atomic E-state index is 10.8. The monoisotopic (exact) mass is 626 g/mol. The van der Waals surface area contributed by atoms with Crippen molar-refractivity contribution in [2.75, 3.05) is 19.6 Å². The van der Waals surface area contributed by atoms with Crippen molar-refractivity contribution in [2.45, 2.75) is 13.0 Å². The number of piperazine rings is 1. The van der Waals surface area contributed by atoms with Gasteiger partial charge in [0.2, 0.25) is 0 Å². The Kier molecular flexibility index (Phi) is 14.3. The molecular weight excluding hydrogens is 600 g/mol. The van der Waals surface area contributed by atoms with E-state index in [1.807, 2.05) is 0 Å². The summed E-state index contributed by atoms with van der Waals surface area (Å²) in [6, 6.07) is 2.70. The fourth-order valence-corrected chi connectivity index (χ4v) is 3.57. The SMILES string of the molecule is C[C@H]1C[NH2+]CC[NH2+]1.O.O=C([O-])c1cc(C(=O)O)c(C(=O)O)cc1C(=O)O.O=C([O-])c1cc(C(=O)O)c(C(=O)O)cc1C(=O)O. The minimum absolute atomic E-state index is 0. The van der Waals surface area contributed by atoms with E-state index in [9.17, 15) is 48.6 Å². The van der Waals surface area contributed by atoms with E-state index in [2.05, 4.69) is 17.6 Å². The first-order valence-electron chi connectivity index (χ1n) is 11.7. The predicted octanol–water partition coefficient (Wildman–Crippen LogP) is -5.02. The first-order valence-corrected chi connectivity index (χ1v) is 11.7. The van der Waals surface area contributed by atoms with Gasteiger partial charge in [0, 0.05) is 11.1 Å². The van der Waals surface area contributed by atoms with Crippen LogP contribution in [0, 0.1) is 0 Å². The first kappa shape index (κ1) is 38.1. The zero-order chi connectivity index (χ0) is 33.2. The number of rotatable bonds is 8. The van der Waals surface area contributed by atoms with Gasteiger partial charge in [-0.05, 0) is 31.2 Å². The number of carboxylic acid groups (broad SMARTS) is 8. The maximum Gasteiger partial charge on any atom is 0.336 e. The Morgan fingerprint density at radius 2 is 0.795 bits per heavy atom. The molecule has 1 aliphatic rings. The Hall–Kier alpha value is -5.92. The van der Waals surface area contributed by atoms with Gasteiger partial charge in [-0.3, -0.25) is 0 Å². The molecule has 0 aliphatic carbocycles. The summed E-state index contributed by atoms with van der Waals surface area (Å²) in [6.45, 7) is 6.20. The van der Waals surface area contributed by atoms with Gasteiger partial charge in [-0.15, -0.1) is 0 Å². The molecule has 2 aromatic carbocycles. The van der Waals surface area contributed by atoms with Crippen LogP contribution < -0.4 is 20.8 Å². The lowest BCUT2D eigenvalue weighted by molar-refractivity contribution is -0.808. The Morgan fingerprint density at radius 1 is 0.545 bits per heavy atom. The largest absolute Gasteiger partial charge is 0.545 e. The first-order chi connectivity index (χ1) is 19.9. The third-order valence-electron chi connectivity index (χ3n) is 5.62. The highest BCUT2D eigenvalue weighted by Crippen LogP contribution is 2.19. The summed E-state index contributed by atoms with van der Waals surface area (Å²) in [5.41, 5.74) is -6.78. The van der Waals surface area contributed by atoms with E-state index >= 15 is 0 Å². The molecule has 44 heavy (non-hydrogen) atoms. The van der Waals surface area contributed by atoms with Crippen LogP contribution in [0.25, 0.3) is 0 Å². The molecule has 1 saturated heterocycles.